The smallest absolute Gasteiger partial charge is 0.264 e. The molecule has 1 aromatic rings. The average molecular weight is 365 g/mol. The molecule has 2 fully saturated rings. The van der Waals surface area contributed by atoms with Crippen LogP contribution in [0.3, 0.4) is 0 Å². The summed E-state index contributed by atoms with van der Waals surface area (Å²) in [6.07, 6.45) is 0. The van der Waals surface area contributed by atoms with E-state index in [4.69, 9.17) is 0 Å². The minimum absolute atomic E-state index is 0.120. The van der Waals surface area contributed by atoms with Crippen LogP contribution in [0.2, 0.25) is 0 Å². The number of hydrogen-bond acceptors (Lipinski definition) is 5. The van der Waals surface area contributed by atoms with Crippen LogP contribution >= 0.6 is 0 Å². The second-order valence-corrected chi connectivity index (χ2v) is 9.66. The monoisotopic (exact) mass is 365 g/mol. The summed E-state index contributed by atoms with van der Waals surface area (Å²) in [5, 5.41) is 0. The molecular weight excluding hydrogens is 338 g/mol. The molecule has 1 spiro atoms. The van der Waals surface area contributed by atoms with Crippen LogP contribution in [0.4, 0.5) is 5.69 Å². The van der Waals surface area contributed by atoms with Crippen molar-refractivity contribution in [1.82, 2.24) is 9.62 Å². The van der Waals surface area contributed by atoms with Crippen LogP contribution in [0.25, 0.3) is 0 Å². The van der Waals surface area contributed by atoms with Gasteiger partial charge in [-0.05, 0) is 38.1 Å². The molecule has 7 heteroatoms. The number of benzene rings is 1. The molecule has 3 rings (SSSR count). The molecule has 6 nitrogen and oxygen atoms in total. The molecule has 1 aromatic carbocycles. The van der Waals surface area contributed by atoms with Gasteiger partial charge in [0.25, 0.3) is 10.0 Å². The summed E-state index contributed by atoms with van der Waals surface area (Å²) in [5.41, 5.74) is 1.45. The molecule has 25 heavy (non-hydrogen) atoms. The van der Waals surface area contributed by atoms with E-state index in [9.17, 15) is 13.2 Å². The van der Waals surface area contributed by atoms with E-state index in [0.717, 1.165) is 31.9 Å². The van der Waals surface area contributed by atoms with Crippen molar-refractivity contribution >= 4 is 21.6 Å². The lowest BCUT2D eigenvalue weighted by molar-refractivity contribution is -0.122. The zero-order valence-electron chi connectivity index (χ0n) is 15.3. The Labute approximate surface area is 150 Å². The summed E-state index contributed by atoms with van der Waals surface area (Å²) >= 11 is 0. The second-order valence-electron chi connectivity index (χ2n) is 7.97. The highest BCUT2D eigenvalue weighted by molar-refractivity contribution is 7.90. The van der Waals surface area contributed by atoms with Crippen molar-refractivity contribution in [3.63, 3.8) is 0 Å². The van der Waals surface area contributed by atoms with Gasteiger partial charge in [0.05, 0.1) is 4.90 Å². The van der Waals surface area contributed by atoms with E-state index in [0.29, 0.717) is 11.5 Å². The third kappa shape index (κ3) is 3.53. The maximum absolute atomic E-state index is 12.2. The van der Waals surface area contributed by atoms with Crippen molar-refractivity contribution in [2.24, 2.45) is 11.3 Å². The highest BCUT2D eigenvalue weighted by Gasteiger charge is 2.52. The fourth-order valence-corrected chi connectivity index (χ4v) is 4.58. The quantitative estimate of drug-likeness (QED) is 0.860. The van der Waals surface area contributed by atoms with Crippen molar-refractivity contribution < 1.29 is 13.2 Å². The Bertz CT molecular complexity index is 742. The molecule has 1 amide bonds. The minimum atomic E-state index is -3.79. The third-order valence-corrected chi connectivity index (χ3v) is 6.49. The zero-order chi connectivity index (χ0) is 18.4. The SMILES string of the molecule is CC(C)C(=O)NS(=O)(=O)c1ccc(N2CC3(C2)CN(C(C)C)C3)cc1. The number of amides is 1. The maximum atomic E-state index is 12.2. The molecule has 0 bridgehead atoms. The fourth-order valence-electron chi connectivity index (χ4n) is 3.47. The summed E-state index contributed by atoms with van der Waals surface area (Å²) in [5.74, 6) is -0.868. The van der Waals surface area contributed by atoms with Crippen molar-refractivity contribution in [2.45, 2.75) is 38.6 Å². The number of carbonyl (C=O) groups excluding carboxylic acids is 1. The van der Waals surface area contributed by atoms with Crippen LogP contribution in [0.15, 0.2) is 29.2 Å². The standard InChI is InChI=1S/C18H27N3O3S/c1-13(2)17(22)19-25(23,24)16-7-5-15(6-8-16)21-11-18(12-21)9-20(10-18)14(3)4/h5-8,13-14H,9-12H2,1-4H3,(H,19,22). The zero-order valence-corrected chi connectivity index (χ0v) is 16.1. The van der Waals surface area contributed by atoms with E-state index in [1.54, 1.807) is 26.0 Å². The van der Waals surface area contributed by atoms with Crippen LogP contribution in [-0.2, 0) is 14.8 Å². The lowest BCUT2D eigenvalue weighted by Crippen LogP contribution is -2.73. The first-order chi connectivity index (χ1) is 11.6. The number of rotatable bonds is 5. The highest BCUT2D eigenvalue weighted by atomic mass is 32.2. The van der Waals surface area contributed by atoms with Crippen LogP contribution in [0.1, 0.15) is 27.7 Å². The van der Waals surface area contributed by atoms with Gasteiger partial charge in [0.1, 0.15) is 0 Å². The maximum Gasteiger partial charge on any atom is 0.264 e. The number of nitrogens with one attached hydrogen (secondary N) is 1. The molecule has 2 heterocycles. The molecule has 2 aliphatic rings. The van der Waals surface area contributed by atoms with Crippen LogP contribution in [0.5, 0.6) is 0 Å². The van der Waals surface area contributed by atoms with Crippen molar-refractivity contribution in [1.29, 1.82) is 0 Å². The van der Waals surface area contributed by atoms with E-state index in [2.05, 4.69) is 28.4 Å². The molecule has 0 aromatic heterocycles. The van der Waals surface area contributed by atoms with Crippen molar-refractivity contribution in [3.8, 4) is 0 Å². The number of likely N-dealkylation sites (tertiary alicyclic amines) is 1. The van der Waals surface area contributed by atoms with E-state index in [1.807, 2.05) is 12.1 Å². The van der Waals surface area contributed by atoms with Gasteiger partial charge in [0, 0.05) is 49.2 Å². The van der Waals surface area contributed by atoms with E-state index in [1.165, 1.54) is 0 Å². The van der Waals surface area contributed by atoms with Crippen LogP contribution < -0.4 is 9.62 Å². The number of sulfonamides is 1. The Hall–Kier alpha value is -1.60. The van der Waals surface area contributed by atoms with Gasteiger partial charge in [0.15, 0.2) is 0 Å². The van der Waals surface area contributed by atoms with Crippen molar-refractivity contribution in [3.05, 3.63) is 24.3 Å². The van der Waals surface area contributed by atoms with Gasteiger partial charge in [-0.15, -0.1) is 0 Å². The minimum Gasteiger partial charge on any atom is -0.370 e. The molecular formula is C18H27N3O3S. The Morgan fingerprint density at radius 1 is 1.04 bits per heavy atom. The molecule has 2 aliphatic heterocycles. The number of nitrogens with zero attached hydrogens (tertiary/aromatic N) is 2. The third-order valence-electron chi connectivity index (χ3n) is 5.13. The summed E-state index contributed by atoms with van der Waals surface area (Å²) < 4.78 is 26.5. The Balaban J connectivity index is 1.60. The number of hydrogen-bond donors (Lipinski definition) is 1. The summed E-state index contributed by atoms with van der Waals surface area (Å²) in [7, 11) is -3.79. The van der Waals surface area contributed by atoms with Crippen LogP contribution in [0, 0.1) is 11.3 Å². The number of carbonyl (C=O) groups is 1. The molecule has 0 atom stereocenters. The first-order valence-corrected chi connectivity index (χ1v) is 10.3. The van der Waals surface area contributed by atoms with Gasteiger partial charge in [0.2, 0.25) is 5.91 Å². The number of anilines is 1. The van der Waals surface area contributed by atoms with Gasteiger partial charge < -0.3 is 4.90 Å². The van der Waals surface area contributed by atoms with Crippen LogP contribution in [-0.4, -0.2) is 51.4 Å². The van der Waals surface area contributed by atoms with E-state index >= 15 is 0 Å². The highest BCUT2D eigenvalue weighted by Crippen LogP contribution is 2.42. The van der Waals surface area contributed by atoms with E-state index in [-0.39, 0.29) is 10.8 Å². The lowest BCUT2D eigenvalue weighted by atomic mass is 9.72. The fraction of sp³-hybridized carbons (Fsp3) is 0.611. The predicted octanol–water partition coefficient (Wildman–Crippen LogP) is 1.68. The molecule has 2 saturated heterocycles. The Morgan fingerprint density at radius 3 is 2.08 bits per heavy atom. The first-order valence-electron chi connectivity index (χ1n) is 8.78. The molecule has 0 unspecified atom stereocenters. The largest absolute Gasteiger partial charge is 0.370 e. The topological polar surface area (TPSA) is 69.7 Å². The Kier molecular flexibility index (Phi) is 4.58. The average Bonchev–Trinajstić information content (AvgIpc) is 2.44. The molecule has 0 aliphatic carbocycles. The first kappa shape index (κ1) is 18.2. The normalized spacial score (nSPS) is 19.8. The van der Waals surface area contributed by atoms with Gasteiger partial charge in [-0.3, -0.25) is 9.69 Å². The van der Waals surface area contributed by atoms with Gasteiger partial charge in [-0.1, -0.05) is 13.8 Å². The van der Waals surface area contributed by atoms with Crippen molar-refractivity contribution in [2.75, 3.05) is 31.1 Å². The molecule has 1 N–H and O–H groups in total. The molecule has 138 valence electrons. The summed E-state index contributed by atoms with van der Waals surface area (Å²) in [4.78, 5) is 16.5. The van der Waals surface area contributed by atoms with Gasteiger partial charge >= 0.3 is 0 Å². The summed E-state index contributed by atoms with van der Waals surface area (Å²) in [6, 6.07) is 7.38. The van der Waals surface area contributed by atoms with E-state index < -0.39 is 15.9 Å². The predicted molar refractivity (Wildman–Crippen MR) is 98.0 cm³/mol. The second kappa shape index (κ2) is 6.29. The van der Waals surface area contributed by atoms with Gasteiger partial charge in [-0.25, -0.2) is 13.1 Å². The lowest BCUT2D eigenvalue weighted by Gasteiger charge is -2.62. The molecule has 0 saturated carbocycles. The summed E-state index contributed by atoms with van der Waals surface area (Å²) in [6.45, 7) is 12.1. The molecule has 0 radical (unpaired) electrons. The Morgan fingerprint density at radius 2 is 1.60 bits per heavy atom. The van der Waals surface area contributed by atoms with Gasteiger partial charge in [-0.2, -0.15) is 0 Å².